The fraction of sp³-hybridized carbons (Fsp3) is 0.417. The first-order valence-electron chi connectivity index (χ1n) is 5.02. The highest BCUT2D eigenvalue weighted by Gasteiger charge is 2.14. The Balaban J connectivity index is 5.31. The zero-order valence-corrected chi connectivity index (χ0v) is 11.7. The molecule has 0 aliphatic carbocycles. The smallest absolute Gasteiger partial charge is 0.339 e. The van der Waals surface area contributed by atoms with E-state index in [0.29, 0.717) is 11.3 Å². The molecule has 0 aromatic heterocycles. The van der Waals surface area contributed by atoms with E-state index in [1.807, 2.05) is 20.8 Å². The molecular formula is C12H18BrNO2. The fourth-order valence-electron chi connectivity index (χ4n) is 1.11. The van der Waals surface area contributed by atoms with Crippen LogP contribution in [0.15, 0.2) is 33.5 Å². The van der Waals surface area contributed by atoms with Crippen molar-refractivity contribution >= 4 is 21.9 Å². The standard InChI is InChI=1S/C12H18BrNO2/c1-5-8(2)11(12(15)16-4)10(14)7-6-9(3)13/h6-7H,5,14H2,1-4H3/b9-6+,10-7+,11-8+. The Bertz CT molecular complexity index is 350. The lowest BCUT2D eigenvalue weighted by Gasteiger charge is -2.09. The SMILES string of the molecule is CC\C(C)=C(C(=O)OC)/C(N)=C\C=C(/C)Br. The second-order valence-electron chi connectivity index (χ2n) is 3.38. The molecule has 2 N–H and O–H groups in total. The summed E-state index contributed by atoms with van der Waals surface area (Å²) < 4.78 is 5.65. The molecule has 0 bridgehead atoms. The molecule has 3 nitrogen and oxygen atoms in total. The number of esters is 1. The van der Waals surface area contributed by atoms with E-state index in [4.69, 9.17) is 10.5 Å². The molecule has 16 heavy (non-hydrogen) atoms. The second-order valence-corrected chi connectivity index (χ2v) is 4.63. The van der Waals surface area contributed by atoms with Crippen LogP contribution in [0.5, 0.6) is 0 Å². The van der Waals surface area contributed by atoms with Gasteiger partial charge in [-0.15, -0.1) is 0 Å². The van der Waals surface area contributed by atoms with Gasteiger partial charge < -0.3 is 10.5 Å². The summed E-state index contributed by atoms with van der Waals surface area (Å²) in [6.45, 7) is 5.73. The van der Waals surface area contributed by atoms with E-state index in [2.05, 4.69) is 15.9 Å². The van der Waals surface area contributed by atoms with Crippen molar-refractivity contribution in [2.45, 2.75) is 27.2 Å². The monoisotopic (exact) mass is 287 g/mol. The van der Waals surface area contributed by atoms with Gasteiger partial charge in [0.1, 0.15) is 0 Å². The van der Waals surface area contributed by atoms with Crippen LogP contribution in [-0.2, 0) is 9.53 Å². The van der Waals surface area contributed by atoms with E-state index in [1.165, 1.54) is 7.11 Å². The van der Waals surface area contributed by atoms with Gasteiger partial charge in [0.05, 0.1) is 12.7 Å². The van der Waals surface area contributed by atoms with Crippen molar-refractivity contribution < 1.29 is 9.53 Å². The first kappa shape index (κ1) is 15.0. The maximum absolute atomic E-state index is 11.6. The number of hydrogen-bond acceptors (Lipinski definition) is 3. The zero-order chi connectivity index (χ0) is 12.7. The van der Waals surface area contributed by atoms with Crippen molar-refractivity contribution in [3.05, 3.63) is 33.5 Å². The lowest BCUT2D eigenvalue weighted by Crippen LogP contribution is -2.14. The van der Waals surface area contributed by atoms with E-state index in [0.717, 1.165) is 16.5 Å². The molecule has 0 atom stereocenters. The summed E-state index contributed by atoms with van der Waals surface area (Å²) in [6, 6.07) is 0. The molecule has 0 aliphatic rings. The molecule has 0 saturated carbocycles. The number of nitrogens with two attached hydrogens (primary N) is 1. The molecule has 0 aromatic rings. The minimum atomic E-state index is -0.395. The predicted octanol–water partition coefficient (Wildman–Crippen LogP) is 3.03. The normalized spacial score (nSPS) is 14.6. The molecule has 0 amide bonds. The van der Waals surface area contributed by atoms with Crippen molar-refractivity contribution in [2.24, 2.45) is 5.73 Å². The number of carbonyl (C=O) groups excluding carboxylic acids is 1. The Morgan fingerprint density at radius 1 is 1.38 bits per heavy atom. The number of rotatable bonds is 4. The molecule has 0 aromatic carbocycles. The van der Waals surface area contributed by atoms with Crippen LogP contribution in [0.1, 0.15) is 27.2 Å². The van der Waals surface area contributed by atoms with Crippen LogP contribution < -0.4 is 5.73 Å². The Kier molecular flexibility index (Phi) is 6.81. The van der Waals surface area contributed by atoms with Gasteiger partial charge in [0.25, 0.3) is 0 Å². The molecular weight excluding hydrogens is 270 g/mol. The van der Waals surface area contributed by atoms with Gasteiger partial charge in [-0.05, 0) is 30.8 Å². The van der Waals surface area contributed by atoms with Gasteiger partial charge in [-0.25, -0.2) is 4.79 Å². The Morgan fingerprint density at radius 3 is 2.31 bits per heavy atom. The lowest BCUT2D eigenvalue weighted by molar-refractivity contribution is -0.135. The highest BCUT2D eigenvalue weighted by Crippen LogP contribution is 2.16. The zero-order valence-electron chi connectivity index (χ0n) is 10.1. The van der Waals surface area contributed by atoms with Gasteiger partial charge in [-0.1, -0.05) is 34.5 Å². The van der Waals surface area contributed by atoms with E-state index in [-0.39, 0.29) is 0 Å². The first-order chi connectivity index (χ1) is 7.43. The number of methoxy groups -OCH3 is 1. The summed E-state index contributed by atoms with van der Waals surface area (Å²) in [5.74, 6) is -0.395. The Hall–Kier alpha value is -1.03. The van der Waals surface area contributed by atoms with Crippen molar-refractivity contribution in [1.29, 1.82) is 0 Å². The molecule has 0 radical (unpaired) electrons. The van der Waals surface area contributed by atoms with Gasteiger partial charge in [0.15, 0.2) is 0 Å². The van der Waals surface area contributed by atoms with E-state index >= 15 is 0 Å². The lowest BCUT2D eigenvalue weighted by atomic mass is 10.0. The fourth-order valence-corrected chi connectivity index (χ4v) is 1.24. The molecule has 0 fully saturated rings. The third kappa shape index (κ3) is 4.66. The maximum Gasteiger partial charge on any atom is 0.339 e. The van der Waals surface area contributed by atoms with Gasteiger partial charge in [0.2, 0.25) is 0 Å². The third-order valence-corrected chi connectivity index (χ3v) is 2.39. The molecule has 0 aliphatic heterocycles. The minimum absolute atomic E-state index is 0.395. The second kappa shape index (κ2) is 7.28. The maximum atomic E-state index is 11.6. The van der Waals surface area contributed by atoms with Gasteiger partial charge in [0, 0.05) is 5.70 Å². The van der Waals surface area contributed by atoms with Crippen molar-refractivity contribution in [3.8, 4) is 0 Å². The van der Waals surface area contributed by atoms with Crippen LogP contribution in [0.25, 0.3) is 0 Å². The van der Waals surface area contributed by atoms with Crippen LogP contribution >= 0.6 is 15.9 Å². The predicted molar refractivity (Wildman–Crippen MR) is 70.0 cm³/mol. The van der Waals surface area contributed by atoms with Gasteiger partial charge >= 0.3 is 5.97 Å². The summed E-state index contributed by atoms with van der Waals surface area (Å²) in [6.07, 6.45) is 4.24. The number of allylic oxidation sites excluding steroid dienone is 4. The molecule has 0 heterocycles. The minimum Gasteiger partial charge on any atom is -0.465 e. The van der Waals surface area contributed by atoms with E-state index in [1.54, 1.807) is 12.2 Å². The van der Waals surface area contributed by atoms with Crippen LogP contribution in [0.4, 0.5) is 0 Å². The van der Waals surface area contributed by atoms with E-state index in [9.17, 15) is 4.79 Å². The van der Waals surface area contributed by atoms with Crippen molar-refractivity contribution in [3.63, 3.8) is 0 Å². The van der Waals surface area contributed by atoms with Gasteiger partial charge in [-0.3, -0.25) is 0 Å². The van der Waals surface area contributed by atoms with Crippen LogP contribution in [-0.4, -0.2) is 13.1 Å². The third-order valence-electron chi connectivity index (χ3n) is 2.13. The number of hydrogen-bond donors (Lipinski definition) is 1. The summed E-state index contributed by atoms with van der Waals surface area (Å²) >= 11 is 3.29. The summed E-state index contributed by atoms with van der Waals surface area (Å²) in [5.41, 5.74) is 7.65. The molecule has 0 saturated heterocycles. The van der Waals surface area contributed by atoms with Crippen LogP contribution in [0.2, 0.25) is 0 Å². The summed E-state index contributed by atoms with van der Waals surface area (Å²) in [7, 11) is 1.35. The number of ether oxygens (including phenoxy) is 1. The van der Waals surface area contributed by atoms with Crippen molar-refractivity contribution in [1.82, 2.24) is 0 Å². The molecule has 0 unspecified atom stereocenters. The first-order valence-corrected chi connectivity index (χ1v) is 5.81. The number of carbonyl (C=O) groups is 1. The Labute approximate surface area is 105 Å². The van der Waals surface area contributed by atoms with Gasteiger partial charge in [-0.2, -0.15) is 0 Å². The molecule has 90 valence electrons. The quantitative estimate of drug-likeness (QED) is 0.491. The average molecular weight is 288 g/mol. The van der Waals surface area contributed by atoms with Crippen LogP contribution in [0, 0.1) is 0 Å². The summed E-state index contributed by atoms with van der Waals surface area (Å²) in [5, 5.41) is 0. The summed E-state index contributed by atoms with van der Waals surface area (Å²) in [4.78, 5) is 11.6. The molecule has 4 heteroatoms. The van der Waals surface area contributed by atoms with Crippen LogP contribution in [0.3, 0.4) is 0 Å². The average Bonchev–Trinajstić information content (AvgIpc) is 2.25. The number of halogens is 1. The van der Waals surface area contributed by atoms with Crippen molar-refractivity contribution in [2.75, 3.05) is 7.11 Å². The highest BCUT2D eigenvalue weighted by atomic mass is 79.9. The molecule has 0 spiro atoms. The topological polar surface area (TPSA) is 52.3 Å². The molecule has 0 rings (SSSR count). The largest absolute Gasteiger partial charge is 0.465 e. The highest BCUT2D eigenvalue weighted by molar-refractivity contribution is 9.11. The Morgan fingerprint density at radius 2 is 1.94 bits per heavy atom. The van der Waals surface area contributed by atoms with E-state index < -0.39 is 5.97 Å².